The first kappa shape index (κ1) is 24.9. The van der Waals surface area contributed by atoms with Gasteiger partial charge in [0.1, 0.15) is 11.2 Å². The summed E-state index contributed by atoms with van der Waals surface area (Å²) in [5.74, 6) is 0. The minimum absolute atomic E-state index is 0.380. The molecular formula is C36H29BO3S. The van der Waals surface area contributed by atoms with Crippen molar-refractivity contribution in [3.63, 3.8) is 0 Å². The zero-order valence-corrected chi connectivity index (χ0v) is 24.3. The molecule has 1 fully saturated rings. The zero-order valence-electron chi connectivity index (χ0n) is 23.5. The minimum atomic E-state index is -0.390. The fourth-order valence-corrected chi connectivity index (χ4v) is 7.28. The molecule has 7 aromatic rings. The van der Waals surface area contributed by atoms with Gasteiger partial charge in [-0.2, -0.15) is 0 Å². The Morgan fingerprint density at radius 2 is 1.32 bits per heavy atom. The molecule has 0 atom stereocenters. The van der Waals surface area contributed by atoms with Crippen LogP contribution in [0.2, 0.25) is 0 Å². The summed E-state index contributed by atoms with van der Waals surface area (Å²) in [6.45, 7) is 8.41. The predicted molar refractivity (Wildman–Crippen MR) is 173 cm³/mol. The van der Waals surface area contributed by atoms with Gasteiger partial charge < -0.3 is 13.7 Å². The van der Waals surface area contributed by atoms with Crippen LogP contribution in [0.15, 0.2) is 108 Å². The number of furan rings is 1. The molecule has 0 N–H and O–H groups in total. The van der Waals surface area contributed by atoms with E-state index in [1.165, 1.54) is 31.3 Å². The van der Waals surface area contributed by atoms with Crippen LogP contribution < -0.4 is 5.46 Å². The smallest absolute Gasteiger partial charge is 0.455 e. The lowest BCUT2D eigenvalue weighted by atomic mass is 9.78. The van der Waals surface area contributed by atoms with E-state index in [4.69, 9.17) is 13.7 Å². The van der Waals surface area contributed by atoms with Gasteiger partial charge in [-0.3, -0.25) is 0 Å². The van der Waals surface area contributed by atoms with Gasteiger partial charge in [0.05, 0.1) is 11.2 Å². The van der Waals surface area contributed by atoms with E-state index in [1.807, 2.05) is 0 Å². The summed E-state index contributed by atoms with van der Waals surface area (Å²) >= 11 is 1.80. The average Bonchev–Trinajstić information content (AvgIpc) is 3.61. The third-order valence-electron chi connectivity index (χ3n) is 8.95. The van der Waals surface area contributed by atoms with Crippen molar-refractivity contribution in [2.24, 2.45) is 0 Å². The molecule has 1 aliphatic heterocycles. The van der Waals surface area contributed by atoms with Gasteiger partial charge >= 0.3 is 7.12 Å². The van der Waals surface area contributed by atoms with Gasteiger partial charge in [0, 0.05) is 36.6 Å². The first-order chi connectivity index (χ1) is 19.8. The number of rotatable bonds is 3. The van der Waals surface area contributed by atoms with Crippen LogP contribution >= 0.6 is 11.3 Å². The van der Waals surface area contributed by atoms with E-state index in [9.17, 15) is 0 Å². The second kappa shape index (κ2) is 8.80. The summed E-state index contributed by atoms with van der Waals surface area (Å²) < 4.78 is 21.9. The fourth-order valence-electron chi connectivity index (χ4n) is 6.08. The molecule has 5 aromatic carbocycles. The molecule has 8 rings (SSSR count). The largest absolute Gasteiger partial charge is 0.496 e. The molecular weight excluding hydrogens is 523 g/mol. The number of thiophene rings is 1. The average molecular weight is 553 g/mol. The van der Waals surface area contributed by atoms with Crippen molar-refractivity contribution in [3.8, 4) is 22.3 Å². The maximum atomic E-state index is 6.58. The summed E-state index contributed by atoms with van der Waals surface area (Å²) in [6.07, 6.45) is 0. The molecule has 1 saturated heterocycles. The molecule has 41 heavy (non-hydrogen) atoms. The molecule has 5 heteroatoms. The molecule has 0 radical (unpaired) electrons. The van der Waals surface area contributed by atoms with Crippen LogP contribution in [0, 0.1) is 0 Å². The van der Waals surface area contributed by atoms with Gasteiger partial charge in [-0.15, -0.1) is 11.3 Å². The second-order valence-corrected chi connectivity index (χ2v) is 13.0. The van der Waals surface area contributed by atoms with Crippen molar-refractivity contribution >= 4 is 66.0 Å². The summed E-state index contributed by atoms with van der Waals surface area (Å²) in [6, 6.07) is 36.6. The van der Waals surface area contributed by atoms with E-state index >= 15 is 0 Å². The van der Waals surface area contributed by atoms with Crippen LogP contribution in [-0.2, 0) is 9.31 Å². The van der Waals surface area contributed by atoms with Gasteiger partial charge in [0.15, 0.2) is 0 Å². The second-order valence-electron chi connectivity index (χ2n) is 12.0. The van der Waals surface area contributed by atoms with Crippen LogP contribution in [0.25, 0.3) is 64.4 Å². The van der Waals surface area contributed by atoms with Gasteiger partial charge in [0.25, 0.3) is 0 Å². The molecule has 3 heterocycles. The Balaban J connectivity index is 1.29. The molecule has 0 bridgehead atoms. The number of para-hydroxylation sites is 1. The highest BCUT2D eigenvalue weighted by atomic mass is 32.1. The SMILES string of the molecule is CC1(C)OB(c2cccc3c2sc2ccc(-c4cccc5c4oc4cccc(-c6ccccc6)c45)cc23)OC1(C)C. The van der Waals surface area contributed by atoms with E-state index in [2.05, 4.69) is 131 Å². The maximum absolute atomic E-state index is 6.58. The Bertz CT molecular complexity index is 2100. The van der Waals surface area contributed by atoms with Crippen molar-refractivity contribution in [1.82, 2.24) is 0 Å². The van der Waals surface area contributed by atoms with E-state index in [-0.39, 0.29) is 18.3 Å². The van der Waals surface area contributed by atoms with E-state index in [0.29, 0.717) is 0 Å². The summed E-state index contributed by atoms with van der Waals surface area (Å²) in [4.78, 5) is 0. The van der Waals surface area contributed by atoms with Crippen LogP contribution in [0.3, 0.4) is 0 Å². The first-order valence-electron chi connectivity index (χ1n) is 14.1. The lowest BCUT2D eigenvalue weighted by molar-refractivity contribution is 0.00578. The Hall–Kier alpha value is -3.90. The summed E-state index contributed by atoms with van der Waals surface area (Å²) in [7, 11) is -0.390. The molecule has 0 saturated carbocycles. The predicted octanol–water partition coefficient (Wildman–Crippen LogP) is 9.59. The summed E-state index contributed by atoms with van der Waals surface area (Å²) in [5.41, 5.74) is 6.78. The third kappa shape index (κ3) is 3.73. The van der Waals surface area contributed by atoms with E-state index in [0.717, 1.165) is 38.5 Å². The molecule has 200 valence electrons. The topological polar surface area (TPSA) is 31.6 Å². The fraction of sp³-hybridized carbons (Fsp3) is 0.167. The molecule has 0 spiro atoms. The van der Waals surface area contributed by atoms with Gasteiger partial charge in [-0.05, 0) is 68.0 Å². The molecule has 0 aliphatic carbocycles. The molecule has 0 amide bonds. The highest BCUT2D eigenvalue weighted by Gasteiger charge is 2.52. The number of benzene rings is 5. The Morgan fingerprint density at radius 3 is 2.12 bits per heavy atom. The number of hydrogen-bond acceptors (Lipinski definition) is 4. The van der Waals surface area contributed by atoms with Crippen LogP contribution in [0.5, 0.6) is 0 Å². The maximum Gasteiger partial charge on any atom is 0.496 e. The first-order valence-corrected chi connectivity index (χ1v) is 14.9. The van der Waals surface area contributed by atoms with Crippen LogP contribution in [-0.4, -0.2) is 18.3 Å². The number of hydrogen-bond donors (Lipinski definition) is 0. The molecule has 1 aliphatic rings. The minimum Gasteiger partial charge on any atom is -0.455 e. The number of fused-ring (bicyclic) bond motifs is 6. The van der Waals surface area contributed by atoms with Crippen molar-refractivity contribution in [1.29, 1.82) is 0 Å². The molecule has 0 unspecified atom stereocenters. The lowest BCUT2D eigenvalue weighted by Crippen LogP contribution is -2.41. The van der Waals surface area contributed by atoms with Crippen LogP contribution in [0.4, 0.5) is 0 Å². The Kier molecular flexibility index (Phi) is 5.34. The summed E-state index contributed by atoms with van der Waals surface area (Å²) in [5, 5.41) is 4.75. The van der Waals surface area contributed by atoms with Crippen molar-refractivity contribution in [2.75, 3.05) is 0 Å². The standard InChI is InChI=1S/C36H29BO3S/c1-35(2)36(3,4)40-37(39-35)29-17-9-15-26-28-21-23(19-20-31(28)41-34(26)29)25-14-8-16-27-32-24(22-11-6-5-7-12-22)13-10-18-30(32)38-33(25)27/h5-21H,1-4H3. The van der Waals surface area contributed by atoms with Crippen LogP contribution in [0.1, 0.15) is 27.7 Å². The lowest BCUT2D eigenvalue weighted by Gasteiger charge is -2.32. The van der Waals surface area contributed by atoms with Gasteiger partial charge in [-0.25, -0.2) is 0 Å². The monoisotopic (exact) mass is 552 g/mol. The van der Waals surface area contributed by atoms with Crippen molar-refractivity contribution in [2.45, 2.75) is 38.9 Å². The quantitative estimate of drug-likeness (QED) is 0.205. The third-order valence-corrected chi connectivity index (χ3v) is 10.2. The normalized spacial score (nSPS) is 16.4. The Labute approximate surface area is 243 Å². The molecule has 2 aromatic heterocycles. The van der Waals surface area contributed by atoms with Crippen molar-refractivity contribution in [3.05, 3.63) is 103 Å². The van der Waals surface area contributed by atoms with Crippen molar-refractivity contribution < 1.29 is 13.7 Å². The zero-order chi connectivity index (χ0) is 27.9. The Morgan fingerprint density at radius 1 is 0.610 bits per heavy atom. The highest BCUT2D eigenvalue weighted by molar-refractivity contribution is 7.27. The van der Waals surface area contributed by atoms with E-state index in [1.54, 1.807) is 11.3 Å². The van der Waals surface area contributed by atoms with Gasteiger partial charge in [0.2, 0.25) is 0 Å². The molecule has 3 nitrogen and oxygen atoms in total. The highest BCUT2D eigenvalue weighted by Crippen LogP contribution is 2.43. The van der Waals surface area contributed by atoms with E-state index < -0.39 is 0 Å². The van der Waals surface area contributed by atoms with Gasteiger partial charge in [-0.1, -0.05) is 84.9 Å².